The minimum atomic E-state index is -0.332. The predicted molar refractivity (Wildman–Crippen MR) is 138 cm³/mol. The van der Waals surface area contributed by atoms with Crippen molar-refractivity contribution < 1.29 is 4.79 Å². The smallest absolute Gasteiger partial charge is 0.260 e. The standard InChI is InChI=1S/C23H25N5O2S3/c1-3-4-6-11-18-27-28-23(33-18)26-20(29)14(2)31-13-17-24-21(30)19-16(12-32-22(19)25-17)15-9-7-5-8-10-15/h5,7-10,12,14H,3-4,6,11,13H2,1-2H3,(H,24,25,30)(H,26,28,29). The van der Waals surface area contributed by atoms with Crippen LogP contribution in [-0.2, 0) is 17.0 Å². The highest BCUT2D eigenvalue weighted by Gasteiger charge is 2.18. The molecule has 0 bridgehead atoms. The van der Waals surface area contributed by atoms with Crippen LogP contribution in [0.25, 0.3) is 21.3 Å². The summed E-state index contributed by atoms with van der Waals surface area (Å²) in [6.45, 7) is 3.99. The number of unbranched alkanes of at least 4 members (excludes halogenated alkanes) is 2. The highest BCUT2D eigenvalue weighted by Crippen LogP contribution is 2.31. The number of nitrogens with zero attached hydrogens (tertiary/aromatic N) is 3. The van der Waals surface area contributed by atoms with E-state index in [4.69, 9.17) is 0 Å². The Labute approximate surface area is 204 Å². The lowest BCUT2D eigenvalue weighted by Crippen LogP contribution is -2.23. The third kappa shape index (κ3) is 5.87. The van der Waals surface area contributed by atoms with Crippen LogP contribution in [0.4, 0.5) is 5.13 Å². The van der Waals surface area contributed by atoms with Crippen LogP contribution < -0.4 is 10.9 Å². The first kappa shape index (κ1) is 23.6. The van der Waals surface area contributed by atoms with Gasteiger partial charge in [0, 0.05) is 17.4 Å². The molecule has 0 saturated heterocycles. The monoisotopic (exact) mass is 499 g/mol. The molecule has 0 aliphatic heterocycles. The Morgan fingerprint density at radius 2 is 2.03 bits per heavy atom. The Hall–Kier alpha value is -2.56. The van der Waals surface area contributed by atoms with E-state index in [2.05, 4.69) is 32.4 Å². The summed E-state index contributed by atoms with van der Waals surface area (Å²) < 4.78 is 0. The lowest BCUT2D eigenvalue weighted by Gasteiger charge is -2.10. The minimum Gasteiger partial charge on any atom is -0.309 e. The van der Waals surface area contributed by atoms with Gasteiger partial charge < -0.3 is 4.98 Å². The molecule has 0 saturated carbocycles. The van der Waals surface area contributed by atoms with Gasteiger partial charge in [-0.15, -0.1) is 33.3 Å². The number of aromatic nitrogens is 4. The molecule has 0 fully saturated rings. The summed E-state index contributed by atoms with van der Waals surface area (Å²) >= 11 is 4.30. The van der Waals surface area contributed by atoms with E-state index in [1.165, 1.54) is 34.4 Å². The number of H-pyrrole nitrogens is 1. The topological polar surface area (TPSA) is 101 Å². The molecular formula is C23H25N5O2S3. The second kappa shape index (κ2) is 11.0. The van der Waals surface area contributed by atoms with E-state index in [0.29, 0.717) is 26.9 Å². The number of rotatable bonds is 10. The number of amides is 1. The van der Waals surface area contributed by atoms with E-state index in [0.717, 1.165) is 41.8 Å². The number of thiophene rings is 1. The molecule has 0 aliphatic carbocycles. The fraction of sp³-hybridized carbons (Fsp3) is 0.348. The van der Waals surface area contributed by atoms with Gasteiger partial charge >= 0.3 is 0 Å². The maximum atomic E-state index is 12.8. The number of fused-ring (bicyclic) bond motifs is 1. The number of thioether (sulfide) groups is 1. The van der Waals surface area contributed by atoms with Crippen LogP contribution >= 0.6 is 34.4 Å². The maximum absolute atomic E-state index is 12.8. The summed E-state index contributed by atoms with van der Waals surface area (Å²) in [6, 6.07) is 9.82. The fourth-order valence-electron chi connectivity index (χ4n) is 3.31. The lowest BCUT2D eigenvalue weighted by atomic mass is 10.1. The van der Waals surface area contributed by atoms with E-state index in [-0.39, 0.29) is 16.7 Å². The second-order valence-electron chi connectivity index (χ2n) is 7.61. The molecule has 3 heterocycles. The normalized spacial score (nSPS) is 12.2. The van der Waals surface area contributed by atoms with Crippen LogP contribution in [0, 0.1) is 0 Å². The summed E-state index contributed by atoms with van der Waals surface area (Å²) in [5.41, 5.74) is 1.73. The summed E-state index contributed by atoms with van der Waals surface area (Å²) in [4.78, 5) is 33.6. The molecule has 7 nitrogen and oxygen atoms in total. The number of aromatic amines is 1. The largest absolute Gasteiger partial charge is 0.309 e. The Kier molecular flexibility index (Phi) is 7.89. The molecule has 10 heteroatoms. The fourth-order valence-corrected chi connectivity index (χ4v) is 5.82. The molecule has 3 aromatic heterocycles. The molecule has 0 radical (unpaired) electrons. The molecule has 0 aliphatic rings. The summed E-state index contributed by atoms with van der Waals surface area (Å²) in [7, 11) is 0. The lowest BCUT2D eigenvalue weighted by molar-refractivity contribution is -0.115. The molecule has 4 rings (SSSR count). The van der Waals surface area contributed by atoms with Crippen LogP contribution in [0.15, 0.2) is 40.5 Å². The van der Waals surface area contributed by atoms with E-state index in [1.807, 2.05) is 42.6 Å². The van der Waals surface area contributed by atoms with Crippen molar-refractivity contribution in [3.63, 3.8) is 0 Å². The van der Waals surface area contributed by atoms with E-state index in [9.17, 15) is 9.59 Å². The molecule has 1 amide bonds. The predicted octanol–water partition coefficient (Wildman–Crippen LogP) is 5.50. The first-order valence-corrected chi connectivity index (χ1v) is 13.6. The number of nitrogens with one attached hydrogen (secondary N) is 2. The van der Waals surface area contributed by atoms with Gasteiger partial charge in [0.05, 0.1) is 16.4 Å². The van der Waals surface area contributed by atoms with Gasteiger partial charge in [-0.25, -0.2) is 4.98 Å². The third-order valence-corrected chi connectivity index (χ3v) is 8.03. The third-order valence-electron chi connectivity index (χ3n) is 5.11. The minimum absolute atomic E-state index is 0.137. The Bertz CT molecular complexity index is 1280. The first-order valence-electron chi connectivity index (χ1n) is 10.9. The van der Waals surface area contributed by atoms with Crippen molar-refractivity contribution in [2.75, 3.05) is 5.32 Å². The van der Waals surface area contributed by atoms with Gasteiger partial charge in [-0.05, 0) is 18.9 Å². The molecule has 2 N–H and O–H groups in total. The maximum Gasteiger partial charge on any atom is 0.260 e. The number of hydrogen-bond acceptors (Lipinski definition) is 8. The van der Waals surface area contributed by atoms with Crippen LogP contribution in [0.2, 0.25) is 0 Å². The number of carbonyl (C=O) groups excluding carboxylic acids is 1. The van der Waals surface area contributed by atoms with Crippen LogP contribution in [0.5, 0.6) is 0 Å². The van der Waals surface area contributed by atoms with Gasteiger partial charge in [0.1, 0.15) is 15.7 Å². The summed E-state index contributed by atoms with van der Waals surface area (Å²) in [5, 5.41) is 14.8. The Morgan fingerprint density at radius 1 is 1.21 bits per heavy atom. The van der Waals surface area contributed by atoms with Gasteiger partial charge in [-0.1, -0.05) is 61.4 Å². The average molecular weight is 500 g/mol. The summed E-state index contributed by atoms with van der Waals surface area (Å²) in [6.07, 6.45) is 4.29. The van der Waals surface area contributed by atoms with Gasteiger partial charge in [0.15, 0.2) is 0 Å². The second-order valence-corrected chi connectivity index (χ2v) is 10.9. The van der Waals surface area contributed by atoms with Crippen molar-refractivity contribution in [2.45, 2.75) is 50.5 Å². The average Bonchev–Trinajstić information content (AvgIpc) is 3.45. The van der Waals surface area contributed by atoms with Gasteiger partial charge in [-0.2, -0.15) is 0 Å². The number of aryl methyl sites for hydroxylation is 1. The van der Waals surface area contributed by atoms with Crippen LogP contribution in [0.3, 0.4) is 0 Å². The van der Waals surface area contributed by atoms with Gasteiger partial charge in [0.25, 0.3) is 5.56 Å². The summed E-state index contributed by atoms with van der Waals surface area (Å²) in [5.74, 6) is 0.853. The van der Waals surface area contributed by atoms with Crippen molar-refractivity contribution in [3.05, 3.63) is 56.9 Å². The zero-order valence-corrected chi connectivity index (χ0v) is 20.9. The van der Waals surface area contributed by atoms with Crippen LogP contribution in [0.1, 0.15) is 43.9 Å². The molecule has 4 aromatic rings. The quantitative estimate of drug-likeness (QED) is 0.280. The zero-order valence-electron chi connectivity index (χ0n) is 18.5. The highest BCUT2D eigenvalue weighted by molar-refractivity contribution is 7.99. The molecular weight excluding hydrogens is 474 g/mol. The van der Waals surface area contributed by atoms with Crippen molar-refractivity contribution in [2.24, 2.45) is 0 Å². The van der Waals surface area contributed by atoms with E-state index < -0.39 is 0 Å². The van der Waals surface area contributed by atoms with Crippen molar-refractivity contribution >= 4 is 55.7 Å². The van der Waals surface area contributed by atoms with Crippen molar-refractivity contribution in [1.29, 1.82) is 0 Å². The number of carbonyl (C=O) groups is 1. The van der Waals surface area contributed by atoms with E-state index in [1.54, 1.807) is 0 Å². The number of benzene rings is 1. The first-order chi connectivity index (χ1) is 16.0. The van der Waals surface area contributed by atoms with Gasteiger partial charge in [0.2, 0.25) is 11.0 Å². The molecule has 33 heavy (non-hydrogen) atoms. The van der Waals surface area contributed by atoms with Crippen molar-refractivity contribution in [1.82, 2.24) is 20.2 Å². The molecule has 0 spiro atoms. The zero-order chi connectivity index (χ0) is 23.2. The van der Waals surface area contributed by atoms with Gasteiger partial charge in [-0.3, -0.25) is 14.9 Å². The van der Waals surface area contributed by atoms with E-state index >= 15 is 0 Å². The number of hydrogen-bond donors (Lipinski definition) is 2. The SMILES string of the molecule is CCCCCc1nnc(NC(=O)C(C)SCc2nc3scc(-c4ccccc4)c3c(=O)[nH]2)s1. The highest BCUT2D eigenvalue weighted by atomic mass is 32.2. The molecule has 172 valence electrons. The molecule has 1 aromatic carbocycles. The molecule has 1 unspecified atom stereocenters. The Balaban J connectivity index is 1.37. The Morgan fingerprint density at radius 3 is 2.82 bits per heavy atom. The number of anilines is 1. The van der Waals surface area contributed by atoms with Crippen molar-refractivity contribution in [3.8, 4) is 11.1 Å². The molecule has 1 atom stereocenters. The van der Waals surface area contributed by atoms with Crippen LogP contribution in [-0.4, -0.2) is 31.3 Å².